The van der Waals surface area contributed by atoms with Gasteiger partial charge in [-0.2, -0.15) is 4.37 Å². The van der Waals surface area contributed by atoms with E-state index in [2.05, 4.69) is 29.4 Å². The first kappa shape index (κ1) is 23.1. The number of aromatic nitrogens is 4. The van der Waals surface area contributed by atoms with Crippen LogP contribution in [0.1, 0.15) is 48.8 Å². The molecule has 0 saturated heterocycles. The number of nitrogens with zero attached hydrogens (tertiary/aromatic N) is 4. The van der Waals surface area contributed by atoms with Gasteiger partial charge in [-0.05, 0) is 31.9 Å². The van der Waals surface area contributed by atoms with Crippen LogP contribution in [0.5, 0.6) is 5.88 Å². The van der Waals surface area contributed by atoms with Gasteiger partial charge in [0.05, 0.1) is 36.5 Å². The van der Waals surface area contributed by atoms with Crippen LogP contribution in [-0.2, 0) is 16.6 Å². The Hall–Kier alpha value is -3.12. The minimum atomic E-state index is -3.45. The van der Waals surface area contributed by atoms with Crippen LogP contribution < -0.4 is 14.8 Å². The highest BCUT2D eigenvalue weighted by atomic mass is 32.2. The Morgan fingerprint density at radius 3 is 2.64 bits per heavy atom. The number of sulfonamides is 1. The van der Waals surface area contributed by atoms with Crippen molar-refractivity contribution in [1.82, 2.24) is 24.6 Å². The zero-order valence-electron chi connectivity index (χ0n) is 18.0. The zero-order valence-corrected chi connectivity index (χ0v) is 19.7. The maximum Gasteiger partial charge on any atom is 0.251 e. The van der Waals surface area contributed by atoms with Crippen molar-refractivity contribution >= 4 is 32.6 Å². The summed E-state index contributed by atoms with van der Waals surface area (Å²) in [5.74, 6) is 0.494. The van der Waals surface area contributed by atoms with Crippen LogP contribution in [0, 0.1) is 0 Å². The van der Waals surface area contributed by atoms with Crippen LogP contribution in [0.15, 0.2) is 36.7 Å². The molecule has 1 amide bonds. The average molecular weight is 489 g/mol. The molecule has 1 fully saturated rings. The molecule has 1 aromatic carbocycles. The fourth-order valence-electron chi connectivity index (χ4n) is 3.53. The largest absolute Gasteiger partial charge is 0.477 e. The molecule has 2 N–H and O–H groups in total. The summed E-state index contributed by atoms with van der Waals surface area (Å²) in [5, 5.41) is 2.59. The third-order valence-electron chi connectivity index (χ3n) is 5.19. The lowest BCUT2D eigenvalue weighted by Crippen LogP contribution is -2.25. The number of benzene rings is 1. The number of rotatable bonds is 9. The van der Waals surface area contributed by atoms with Gasteiger partial charge < -0.3 is 10.1 Å². The predicted octanol–water partition coefficient (Wildman–Crippen LogP) is 3.01. The SMILES string of the molecule is CCOc1cncc(-c2ccc(C(=O)NCc3nsc(NS(=O)(=O)C4CCCC4)n3)cc2)n1. The minimum Gasteiger partial charge on any atom is -0.477 e. The Morgan fingerprint density at radius 2 is 1.91 bits per heavy atom. The molecule has 0 radical (unpaired) electrons. The molecular formula is C21H24N6O4S2. The van der Waals surface area contributed by atoms with Gasteiger partial charge in [-0.25, -0.2) is 18.4 Å². The quantitative estimate of drug-likeness (QED) is 0.469. The summed E-state index contributed by atoms with van der Waals surface area (Å²) < 4.78 is 36.8. The van der Waals surface area contributed by atoms with Crippen molar-refractivity contribution in [3.63, 3.8) is 0 Å². The van der Waals surface area contributed by atoms with Gasteiger partial charge in [-0.15, -0.1) is 0 Å². The predicted molar refractivity (Wildman–Crippen MR) is 125 cm³/mol. The zero-order chi connectivity index (χ0) is 23.3. The molecule has 4 rings (SSSR count). The Morgan fingerprint density at radius 1 is 1.15 bits per heavy atom. The number of hydrogen-bond acceptors (Lipinski definition) is 9. The minimum absolute atomic E-state index is 0.0874. The molecule has 1 aliphatic carbocycles. The van der Waals surface area contributed by atoms with E-state index in [4.69, 9.17) is 4.74 Å². The Balaban J connectivity index is 1.33. The Bertz CT molecular complexity index is 1210. The number of amides is 1. The number of hydrogen-bond donors (Lipinski definition) is 2. The van der Waals surface area contributed by atoms with E-state index in [9.17, 15) is 13.2 Å². The third-order valence-corrected chi connectivity index (χ3v) is 7.82. The first-order valence-electron chi connectivity index (χ1n) is 10.6. The van der Waals surface area contributed by atoms with Gasteiger partial charge in [0.15, 0.2) is 5.82 Å². The topological polar surface area (TPSA) is 136 Å². The molecule has 1 aliphatic rings. The summed E-state index contributed by atoms with van der Waals surface area (Å²) in [6.07, 6.45) is 6.36. The van der Waals surface area contributed by atoms with Crippen LogP contribution in [0.3, 0.4) is 0 Å². The smallest absolute Gasteiger partial charge is 0.251 e. The van der Waals surface area contributed by atoms with Crippen LogP contribution >= 0.6 is 11.5 Å². The standard InChI is InChI=1S/C21H24N6O4S2/c1-2-31-19-13-22-11-17(24-19)14-7-9-15(10-8-14)20(28)23-12-18-25-21(32-26-18)27-33(29,30)16-5-3-4-6-16/h7-11,13,16H,2-6,12H2,1H3,(H,23,28)(H,25,26,27). The number of ether oxygens (including phenoxy) is 1. The van der Waals surface area contributed by atoms with Crippen LogP contribution in [0.4, 0.5) is 5.13 Å². The molecule has 2 aromatic heterocycles. The first-order valence-corrected chi connectivity index (χ1v) is 12.9. The van der Waals surface area contributed by atoms with Crippen molar-refractivity contribution in [2.75, 3.05) is 11.3 Å². The van der Waals surface area contributed by atoms with E-state index >= 15 is 0 Å². The van der Waals surface area contributed by atoms with E-state index < -0.39 is 10.0 Å². The van der Waals surface area contributed by atoms with Gasteiger partial charge in [-0.3, -0.25) is 14.5 Å². The van der Waals surface area contributed by atoms with Crippen molar-refractivity contribution in [3.8, 4) is 17.1 Å². The van der Waals surface area contributed by atoms with E-state index in [0.29, 0.717) is 42.4 Å². The second-order valence-electron chi connectivity index (χ2n) is 7.50. The maximum atomic E-state index is 12.5. The molecule has 0 atom stereocenters. The summed E-state index contributed by atoms with van der Waals surface area (Å²) in [7, 11) is -3.45. The highest BCUT2D eigenvalue weighted by molar-refractivity contribution is 7.93. The second-order valence-corrected chi connectivity index (χ2v) is 10.2. The molecule has 1 saturated carbocycles. The maximum absolute atomic E-state index is 12.5. The van der Waals surface area contributed by atoms with E-state index in [1.54, 1.807) is 36.7 Å². The van der Waals surface area contributed by atoms with Crippen LogP contribution in [-0.4, -0.2) is 45.5 Å². The van der Waals surface area contributed by atoms with E-state index in [0.717, 1.165) is 29.9 Å². The molecule has 12 heteroatoms. The fraction of sp³-hybridized carbons (Fsp3) is 0.381. The highest BCUT2D eigenvalue weighted by Gasteiger charge is 2.29. The van der Waals surface area contributed by atoms with Gasteiger partial charge >= 0.3 is 0 Å². The summed E-state index contributed by atoms with van der Waals surface area (Å²) in [6, 6.07) is 6.95. The number of anilines is 1. The average Bonchev–Trinajstić information content (AvgIpc) is 3.51. The van der Waals surface area contributed by atoms with Crippen molar-refractivity contribution in [3.05, 3.63) is 48.0 Å². The highest BCUT2D eigenvalue weighted by Crippen LogP contribution is 2.26. The lowest BCUT2D eigenvalue weighted by molar-refractivity contribution is 0.0950. The number of carbonyl (C=O) groups is 1. The summed E-state index contributed by atoms with van der Waals surface area (Å²) in [4.78, 5) is 25.2. The monoisotopic (exact) mass is 488 g/mol. The normalized spacial score (nSPS) is 14.2. The van der Waals surface area contributed by atoms with E-state index in [-0.39, 0.29) is 22.8 Å². The number of nitrogens with one attached hydrogen (secondary N) is 2. The summed E-state index contributed by atoms with van der Waals surface area (Å²) >= 11 is 0.961. The van der Waals surface area contributed by atoms with Gasteiger partial charge in [-0.1, -0.05) is 25.0 Å². The van der Waals surface area contributed by atoms with E-state index in [1.807, 2.05) is 6.92 Å². The van der Waals surface area contributed by atoms with Crippen LogP contribution in [0.2, 0.25) is 0 Å². The Labute approximate surface area is 196 Å². The van der Waals surface area contributed by atoms with Gasteiger partial charge in [0.2, 0.25) is 21.0 Å². The van der Waals surface area contributed by atoms with Gasteiger partial charge in [0, 0.05) is 22.7 Å². The first-order chi connectivity index (χ1) is 15.9. The molecule has 0 unspecified atom stereocenters. The lowest BCUT2D eigenvalue weighted by Gasteiger charge is -2.10. The van der Waals surface area contributed by atoms with Crippen molar-refractivity contribution < 1.29 is 17.9 Å². The molecule has 2 heterocycles. The second kappa shape index (κ2) is 10.2. The number of carbonyl (C=O) groups excluding carboxylic acids is 1. The third kappa shape index (κ3) is 5.82. The summed E-state index contributed by atoms with van der Waals surface area (Å²) in [6.45, 7) is 2.46. The lowest BCUT2D eigenvalue weighted by atomic mass is 10.1. The van der Waals surface area contributed by atoms with Crippen molar-refractivity contribution in [1.29, 1.82) is 0 Å². The molecule has 174 valence electrons. The molecule has 0 spiro atoms. The summed E-state index contributed by atoms with van der Waals surface area (Å²) in [5.41, 5.74) is 1.91. The van der Waals surface area contributed by atoms with Crippen LogP contribution in [0.25, 0.3) is 11.3 Å². The van der Waals surface area contributed by atoms with Gasteiger partial charge in [0.25, 0.3) is 5.91 Å². The Kier molecular flexibility index (Phi) is 7.14. The van der Waals surface area contributed by atoms with E-state index in [1.165, 1.54) is 0 Å². The molecule has 10 nitrogen and oxygen atoms in total. The molecule has 0 aliphatic heterocycles. The van der Waals surface area contributed by atoms with Crippen molar-refractivity contribution in [2.24, 2.45) is 0 Å². The molecule has 0 bridgehead atoms. The van der Waals surface area contributed by atoms with Gasteiger partial charge in [0.1, 0.15) is 0 Å². The molecular weight excluding hydrogens is 464 g/mol. The fourth-order valence-corrected chi connectivity index (χ4v) is 5.88. The molecule has 33 heavy (non-hydrogen) atoms. The molecule has 3 aromatic rings. The van der Waals surface area contributed by atoms with Crippen molar-refractivity contribution in [2.45, 2.75) is 44.4 Å².